The highest BCUT2D eigenvalue weighted by Gasteiger charge is 2.58. The van der Waals surface area contributed by atoms with Gasteiger partial charge in [-0.25, -0.2) is 0 Å². The molecule has 1 heterocycles. The van der Waals surface area contributed by atoms with Gasteiger partial charge in [-0.05, 0) is 49.8 Å². The molecule has 0 spiro atoms. The summed E-state index contributed by atoms with van der Waals surface area (Å²) in [7, 11) is 0. The van der Waals surface area contributed by atoms with Crippen molar-refractivity contribution in [2.75, 3.05) is 18.4 Å². The Morgan fingerprint density at radius 3 is 2.58 bits per heavy atom. The Bertz CT molecular complexity index is 732. The van der Waals surface area contributed by atoms with Crippen molar-refractivity contribution in [3.8, 4) is 0 Å². The van der Waals surface area contributed by atoms with Gasteiger partial charge in [0.15, 0.2) is 0 Å². The van der Waals surface area contributed by atoms with Crippen molar-refractivity contribution in [2.24, 2.45) is 11.3 Å². The molecule has 1 aromatic carbocycles. The number of alkyl halides is 3. The van der Waals surface area contributed by atoms with Gasteiger partial charge in [0.2, 0.25) is 11.8 Å². The van der Waals surface area contributed by atoms with E-state index in [2.05, 4.69) is 12.2 Å². The van der Waals surface area contributed by atoms with Gasteiger partial charge in [-0.1, -0.05) is 18.5 Å². The van der Waals surface area contributed by atoms with Crippen molar-refractivity contribution < 1.29 is 22.8 Å². The predicted octanol–water partition coefficient (Wildman–Crippen LogP) is 4.34. The van der Waals surface area contributed by atoms with E-state index in [4.69, 9.17) is 11.6 Å². The highest BCUT2D eigenvalue weighted by molar-refractivity contribution is 6.34. The number of hydrogen-bond donors (Lipinski definition) is 1. The van der Waals surface area contributed by atoms with Gasteiger partial charge < -0.3 is 10.2 Å². The largest absolute Gasteiger partial charge is 0.416 e. The van der Waals surface area contributed by atoms with E-state index < -0.39 is 23.1 Å². The summed E-state index contributed by atoms with van der Waals surface area (Å²) in [5.41, 5.74) is -2.20. The first kappa shape index (κ1) is 19.0. The third-order valence-corrected chi connectivity index (χ3v) is 5.41. The number of anilines is 1. The number of halogens is 4. The Hall–Kier alpha value is -1.76. The van der Waals surface area contributed by atoms with Crippen LogP contribution in [0.3, 0.4) is 0 Å². The summed E-state index contributed by atoms with van der Waals surface area (Å²) >= 11 is 5.93. The summed E-state index contributed by atoms with van der Waals surface area (Å²) < 4.78 is 38.6. The average Bonchev–Trinajstić information content (AvgIpc) is 3.37. The van der Waals surface area contributed by atoms with Gasteiger partial charge in [0, 0.05) is 13.1 Å². The van der Waals surface area contributed by atoms with Crippen molar-refractivity contribution >= 4 is 29.1 Å². The van der Waals surface area contributed by atoms with Gasteiger partial charge in [0.05, 0.1) is 16.3 Å². The number of amides is 2. The fourth-order valence-corrected chi connectivity index (χ4v) is 3.54. The van der Waals surface area contributed by atoms with Crippen molar-refractivity contribution in [2.45, 2.75) is 38.8 Å². The molecular formula is C18H20ClF3N2O2. The van der Waals surface area contributed by atoms with Crippen LogP contribution in [0.15, 0.2) is 18.2 Å². The molecule has 4 nitrogen and oxygen atoms in total. The molecular weight excluding hydrogens is 369 g/mol. The Kier molecular flexibility index (Phi) is 4.94. The molecule has 1 saturated carbocycles. The molecule has 26 heavy (non-hydrogen) atoms. The second-order valence-electron chi connectivity index (χ2n) is 7.23. The molecule has 0 bridgehead atoms. The molecule has 1 atom stereocenters. The zero-order valence-corrected chi connectivity index (χ0v) is 15.1. The molecule has 0 radical (unpaired) electrons. The standard InChI is InChI=1S/C18H20ClF3N2O2/c1-11-3-2-8-24(10-11)16(26)17(6-7-17)15(25)23-14-9-12(18(20,21)22)4-5-13(14)19/h4-5,9,11H,2-3,6-8,10H2,1H3,(H,23,25). The molecule has 1 aliphatic carbocycles. The van der Waals surface area contributed by atoms with E-state index in [1.807, 2.05) is 0 Å². The highest BCUT2D eigenvalue weighted by atomic mass is 35.5. The van der Waals surface area contributed by atoms with Gasteiger partial charge in [0.25, 0.3) is 0 Å². The molecule has 1 aromatic rings. The maximum Gasteiger partial charge on any atom is 0.416 e. The highest BCUT2D eigenvalue weighted by Crippen LogP contribution is 2.49. The van der Waals surface area contributed by atoms with Gasteiger partial charge in [-0.3, -0.25) is 9.59 Å². The minimum Gasteiger partial charge on any atom is -0.342 e. The molecule has 142 valence electrons. The van der Waals surface area contributed by atoms with E-state index in [-0.39, 0.29) is 16.6 Å². The Morgan fingerprint density at radius 2 is 2.00 bits per heavy atom. The molecule has 1 aliphatic heterocycles. The van der Waals surface area contributed by atoms with Gasteiger partial charge in [0.1, 0.15) is 5.41 Å². The minimum atomic E-state index is -4.54. The Balaban J connectivity index is 1.76. The van der Waals surface area contributed by atoms with Gasteiger partial charge in [-0.2, -0.15) is 13.2 Å². The molecule has 2 fully saturated rings. The van der Waals surface area contributed by atoms with Crippen LogP contribution in [0.5, 0.6) is 0 Å². The number of carbonyl (C=O) groups is 2. The number of benzene rings is 1. The molecule has 3 rings (SSSR count). The lowest BCUT2D eigenvalue weighted by molar-refractivity contribution is -0.144. The number of nitrogens with zero attached hydrogens (tertiary/aromatic N) is 1. The third kappa shape index (κ3) is 3.68. The smallest absolute Gasteiger partial charge is 0.342 e. The summed E-state index contributed by atoms with van der Waals surface area (Å²) in [5, 5.41) is 2.44. The van der Waals surface area contributed by atoms with E-state index in [1.165, 1.54) is 0 Å². The topological polar surface area (TPSA) is 49.4 Å². The van der Waals surface area contributed by atoms with E-state index >= 15 is 0 Å². The predicted molar refractivity (Wildman–Crippen MR) is 91.7 cm³/mol. The zero-order valence-electron chi connectivity index (χ0n) is 14.3. The summed E-state index contributed by atoms with van der Waals surface area (Å²) in [4.78, 5) is 27.2. The number of rotatable bonds is 3. The van der Waals surface area contributed by atoms with E-state index in [0.29, 0.717) is 31.8 Å². The number of likely N-dealkylation sites (tertiary alicyclic amines) is 1. The lowest BCUT2D eigenvalue weighted by Crippen LogP contribution is -2.46. The summed E-state index contributed by atoms with van der Waals surface area (Å²) in [5.74, 6) is -0.434. The van der Waals surface area contributed by atoms with Gasteiger partial charge >= 0.3 is 6.18 Å². The molecule has 0 aromatic heterocycles. The zero-order chi connectivity index (χ0) is 19.1. The number of carbonyl (C=O) groups excluding carboxylic acids is 2. The Morgan fingerprint density at radius 1 is 1.31 bits per heavy atom. The average molecular weight is 389 g/mol. The molecule has 1 saturated heterocycles. The van der Waals surface area contributed by atoms with Crippen LogP contribution in [0.4, 0.5) is 18.9 Å². The van der Waals surface area contributed by atoms with Crippen LogP contribution in [0, 0.1) is 11.3 Å². The molecule has 1 N–H and O–H groups in total. The first-order valence-corrected chi connectivity index (χ1v) is 8.99. The van der Waals surface area contributed by atoms with Crippen LogP contribution in [0.2, 0.25) is 5.02 Å². The SMILES string of the molecule is CC1CCCN(C(=O)C2(C(=O)Nc3cc(C(F)(F)F)ccc3Cl)CC2)C1. The van der Waals surface area contributed by atoms with Crippen molar-refractivity contribution in [1.82, 2.24) is 4.90 Å². The first-order valence-electron chi connectivity index (χ1n) is 8.61. The van der Waals surface area contributed by atoms with Crippen molar-refractivity contribution in [3.05, 3.63) is 28.8 Å². The lowest BCUT2D eigenvalue weighted by Gasteiger charge is -2.33. The summed E-state index contributed by atoms with van der Waals surface area (Å²) in [6.07, 6.45) is -1.80. The molecule has 2 aliphatic rings. The molecule has 1 unspecified atom stereocenters. The number of piperidine rings is 1. The van der Waals surface area contributed by atoms with Crippen LogP contribution in [-0.2, 0) is 15.8 Å². The van der Waals surface area contributed by atoms with Gasteiger partial charge in [-0.15, -0.1) is 0 Å². The van der Waals surface area contributed by atoms with Crippen LogP contribution in [0.1, 0.15) is 38.2 Å². The maximum atomic E-state index is 12.9. The third-order valence-electron chi connectivity index (χ3n) is 5.08. The minimum absolute atomic E-state index is 0.00111. The van der Waals surface area contributed by atoms with Crippen molar-refractivity contribution in [3.63, 3.8) is 0 Å². The first-order chi connectivity index (χ1) is 12.1. The van der Waals surface area contributed by atoms with E-state index in [9.17, 15) is 22.8 Å². The van der Waals surface area contributed by atoms with E-state index in [1.54, 1.807) is 4.90 Å². The fourth-order valence-electron chi connectivity index (χ4n) is 3.38. The summed E-state index contributed by atoms with van der Waals surface area (Å²) in [6.45, 7) is 3.28. The van der Waals surface area contributed by atoms with Crippen LogP contribution in [0.25, 0.3) is 0 Å². The summed E-state index contributed by atoms with van der Waals surface area (Å²) in [6, 6.07) is 2.74. The second kappa shape index (κ2) is 6.76. The fraction of sp³-hybridized carbons (Fsp3) is 0.556. The van der Waals surface area contributed by atoms with Crippen LogP contribution in [-0.4, -0.2) is 29.8 Å². The number of nitrogens with one attached hydrogen (secondary N) is 1. The normalized spacial score (nSPS) is 22.0. The van der Waals surface area contributed by atoms with Crippen LogP contribution >= 0.6 is 11.6 Å². The molecule has 2 amide bonds. The van der Waals surface area contributed by atoms with E-state index in [0.717, 1.165) is 31.0 Å². The monoisotopic (exact) mass is 388 g/mol. The lowest BCUT2D eigenvalue weighted by atomic mass is 9.96. The maximum absolute atomic E-state index is 12.9. The quantitative estimate of drug-likeness (QED) is 0.783. The molecule has 8 heteroatoms. The number of hydrogen-bond acceptors (Lipinski definition) is 2. The Labute approximate surface area is 154 Å². The van der Waals surface area contributed by atoms with Crippen LogP contribution < -0.4 is 5.32 Å². The van der Waals surface area contributed by atoms with Crippen molar-refractivity contribution in [1.29, 1.82) is 0 Å². The second-order valence-corrected chi connectivity index (χ2v) is 7.63.